The van der Waals surface area contributed by atoms with E-state index in [4.69, 9.17) is 5.73 Å². The van der Waals surface area contributed by atoms with Gasteiger partial charge in [0.05, 0.1) is 17.1 Å². The van der Waals surface area contributed by atoms with Gasteiger partial charge in [0.15, 0.2) is 0 Å². The number of amides is 1. The molecule has 2 aromatic rings. The van der Waals surface area contributed by atoms with E-state index in [9.17, 15) is 4.79 Å². The van der Waals surface area contributed by atoms with Gasteiger partial charge in [-0.05, 0) is 32.9 Å². The number of carbonyl (C=O) groups is 1. The van der Waals surface area contributed by atoms with Gasteiger partial charge < -0.3 is 10.6 Å². The first-order valence-electron chi connectivity index (χ1n) is 6.54. The Kier molecular flexibility index (Phi) is 4.02. The Morgan fingerprint density at radius 3 is 2.50 bits per heavy atom. The van der Waals surface area contributed by atoms with Crippen LogP contribution in [0.15, 0.2) is 24.5 Å². The lowest BCUT2D eigenvalue weighted by Gasteiger charge is -2.21. The van der Waals surface area contributed by atoms with Crippen LogP contribution >= 0.6 is 0 Å². The first-order valence-corrected chi connectivity index (χ1v) is 6.54. The molecule has 0 aliphatic heterocycles. The molecular formula is C14H19N5O. The summed E-state index contributed by atoms with van der Waals surface area (Å²) in [5.74, 6) is -0.0238. The average molecular weight is 273 g/mol. The summed E-state index contributed by atoms with van der Waals surface area (Å²) in [4.78, 5) is 18.1. The molecule has 0 saturated carbocycles. The summed E-state index contributed by atoms with van der Waals surface area (Å²) in [5.41, 5.74) is 8.93. The molecule has 2 heterocycles. The molecule has 0 radical (unpaired) electrons. The molecule has 2 N–H and O–H groups in total. The third kappa shape index (κ3) is 2.64. The van der Waals surface area contributed by atoms with E-state index < -0.39 is 0 Å². The van der Waals surface area contributed by atoms with Crippen molar-refractivity contribution in [1.82, 2.24) is 14.8 Å². The molecule has 0 aromatic carbocycles. The molecule has 0 aliphatic carbocycles. The van der Waals surface area contributed by atoms with E-state index in [0.717, 1.165) is 17.1 Å². The number of nitrogen functional groups attached to an aromatic ring is 1. The number of hydrogen-bond acceptors (Lipinski definition) is 4. The SMILES string of the molecule is CCN(C(=O)Cn1nc(C)c(N)c1C)c1ccncc1. The van der Waals surface area contributed by atoms with Crippen LogP contribution < -0.4 is 10.6 Å². The fourth-order valence-electron chi connectivity index (χ4n) is 2.11. The molecule has 2 aromatic heterocycles. The first kappa shape index (κ1) is 14.0. The summed E-state index contributed by atoms with van der Waals surface area (Å²) < 4.78 is 1.65. The van der Waals surface area contributed by atoms with Crippen LogP contribution in [0.1, 0.15) is 18.3 Å². The highest BCUT2D eigenvalue weighted by molar-refractivity contribution is 5.93. The summed E-state index contributed by atoms with van der Waals surface area (Å²) in [6.07, 6.45) is 3.35. The number of hydrogen-bond donors (Lipinski definition) is 1. The van der Waals surface area contributed by atoms with Crippen LogP contribution in [0.4, 0.5) is 11.4 Å². The van der Waals surface area contributed by atoms with Crippen LogP contribution in [-0.2, 0) is 11.3 Å². The van der Waals surface area contributed by atoms with Crippen molar-refractivity contribution >= 4 is 17.3 Å². The zero-order valence-corrected chi connectivity index (χ0v) is 12.0. The Balaban J connectivity index is 2.20. The quantitative estimate of drug-likeness (QED) is 0.916. The van der Waals surface area contributed by atoms with Crippen molar-refractivity contribution in [2.45, 2.75) is 27.3 Å². The third-order valence-electron chi connectivity index (χ3n) is 3.31. The van der Waals surface area contributed by atoms with Crippen molar-refractivity contribution in [3.8, 4) is 0 Å². The molecule has 0 aliphatic rings. The minimum atomic E-state index is -0.0238. The molecule has 6 heteroatoms. The van der Waals surface area contributed by atoms with Gasteiger partial charge in [0.25, 0.3) is 0 Å². The molecule has 106 valence electrons. The summed E-state index contributed by atoms with van der Waals surface area (Å²) in [5, 5.41) is 4.29. The molecule has 2 rings (SSSR count). The maximum Gasteiger partial charge on any atom is 0.248 e. The second kappa shape index (κ2) is 5.73. The minimum absolute atomic E-state index is 0.0238. The molecule has 20 heavy (non-hydrogen) atoms. The predicted octanol–water partition coefficient (Wildman–Crippen LogP) is 1.53. The smallest absolute Gasteiger partial charge is 0.248 e. The van der Waals surface area contributed by atoms with Crippen LogP contribution in [0.25, 0.3) is 0 Å². The van der Waals surface area contributed by atoms with Gasteiger partial charge >= 0.3 is 0 Å². The van der Waals surface area contributed by atoms with E-state index in [-0.39, 0.29) is 12.5 Å². The second-order valence-corrected chi connectivity index (χ2v) is 4.59. The Morgan fingerprint density at radius 1 is 1.35 bits per heavy atom. The van der Waals surface area contributed by atoms with Gasteiger partial charge in [0, 0.05) is 24.6 Å². The van der Waals surface area contributed by atoms with Gasteiger partial charge in [0.1, 0.15) is 6.54 Å². The van der Waals surface area contributed by atoms with Crippen LogP contribution in [0, 0.1) is 13.8 Å². The number of anilines is 2. The van der Waals surface area contributed by atoms with Crippen LogP contribution in [0.2, 0.25) is 0 Å². The normalized spacial score (nSPS) is 10.6. The third-order valence-corrected chi connectivity index (χ3v) is 3.31. The maximum atomic E-state index is 12.4. The number of rotatable bonds is 4. The molecule has 6 nitrogen and oxygen atoms in total. The Hall–Kier alpha value is -2.37. The topological polar surface area (TPSA) is 77.0 Å². The Labute approximate surface area is 118 Å². The summed E-state index contributed by atoms with van der Waals surface area (Å²) >= 11 is 0. The van der Waals surface area contributed by atoms with E-state index in [0.29, 0.717) is 12.2 Å². The molecule has 0 unspecified atom stereocenters. The number of aryl methyl sites for hydroxylation is 1. The van der Waals surface area contributed by atoms with Crippen LogP contribution in [-0.4, -0.2) is 27.2 Å². The Morgan fingerprint density at radius 2 is 2.00 bits per heavy atom. The van der Waals surface area contributed by atoms with Gasteiger partial charge in [-0.2, -0.15) is 5.10 Å². The van der Waals surface area contributed by atoms with Crippen molar-refractivity contribution in [3.05, 3.63) is 35.9 Å². The van der Waals surface area contributed by atoms with Gasteiger partial charge in [-0.15, -0.1) is 0 Å². The highest BCUT2D eigenvalue weighted by atomic mass is 16.2. The zero-order valence-electron chi connectivity index (χ0n) is 12.0. The van der Waals surface area contributed by atoms with Crippen molar-refractivity contribution < 1.29 is 4.79 Å². The number of carbonyl (C=O) groups excluding carboxylic acids is 1. The summed E-state index contributed by atoms with van der Waals surface area (Å²) in [7, 11) is 0. The van der Waals surface area contributed by atoms with Crippen molar-refractivity contribution in [1.29, 1.82) is 0 Å². The predicted molar refractivity (Wildman–Crippen MR) is 78.4 cm³/mol. The van der Waals surface area contributed by atoms with E-state index in [1.165, 1.54) is 0 Å². The number of nitrogens with two attached hydrogens (primary N) is 1. The molecule has 0 spiro atoms. The highest BCUT2D eigenvalue weighted by Crippen LogP contribution is 2.16. The van der Waals surface area contributed by atoms with Crippen molar-refractivity contribution in [2.24, 2.45) is 0 Å². The van der Waals surface area contributed by atoms with E-state index >= 15 is 0 Å². The van der Waals surface area contributed by atoms with Gasteiger partial charge in [-0.3, -0.25) is 14.5 Å². The maximum absolute atomic E-state index is 12.4. The van der Waals surface area contributed by atoms with Gasteiger partial charge in [0.2, 0.25) is 5.91 Å². The fraction of sp³-hybridized carbons (Fsp3) is 0.357. The van der Waals surface area contributed by atoms with Gasteiger partial charge in [-0.1, -0.05) is 0 Å². The standard InChI is InChI=1S/C14H19N5O/c1-4-18(12-5-7-16-8-6-12)13(20)9-19-11(3)14(15)10(2)17-19/h5-8H,4,9,15H2,1-3H3. The van der Waals surface area contributed by atoms with E-state index in [1.807, 2.05) is 32.9 Å². The lowest BCUT2D eigenvalue weighted by molar-refractivity contribution is -0.119. The number of nitrogens with zero attached hydrogens (tertiary/aromatic N) is 4. The lowest BCUT2D eigenvalue weighted by atomic mass is 10.3. The monoisotopic (exact) mass is 273 g/mol. The number of aromatic nitrogens is 3. The zero-order chi connectivity index (χ0) is 14.7. The van der Waals surface area contributed by atoms with Crippen molar-refractivity contribution in [3.63, 3.8) is 0 Å². The Bertz CT molecular complexity index is 606. The average Bonchev–Trinajstić information content (AvgIpc) is 2.68. The molecule has 0 saturated heterocycles. The minimum Gasteiger partial charge on any atom is -0.396 e. The fourth-order valence-corrected chi connectivity index (χ4v) is 2.11. The second-order valence-electron chi connectivity index (χ2n) is 4.59. The van der Waals surface area contributed by atoms with E-state index in [2.05, 4.69) is 10.1 Å². The summed E-state index contributed by atoms with van der Waals surface area (Å²) in [6, 6.07) is 3.63. The van der Waals surface area contributed by atoms with Crippen molar-refractivity contribution in [2.75, 3.05) is 17.2 Å². The largest absolute Gasteiger partial charge is 0.396 e. The molecular weight excluding hydrogens is 254 g/mol. The van der Waals surface area contributed by atoms with E-state index in [1.54, 1.807) is 22.0 Å². The molecule has 1 amide bonds. The molecule has 0 bridgehead atoms. The highest BCUT2D eigenvalue weighted by Gasteiger charge is 2.17. The van der Waals surface area contributed by atoms with Crippen LogP contribution in [0.3, 0.4) is 0 Å². The van der Waals surface area contributed by atoms with Crippen LogP contribution in [0.5, 0.6) is 0 Å². The lowest BCUT2D eigenvalue weighted by Crippen LogP contribution is -2.34. The summed E-state index contributed by atoms with van der Waals surface area (Å²) in [6.45, 7) is 6.42. The molecule has 0 fully saturated rings. The van der Waals surface area contributed by atoms with Gasteiger partial charge in [-0.25, -0.2) is 0 Å². The number of likely N-dealkylation sites (N-methyl/N-ethyl adjacent to an activating group) is 1. The molecule has 0 atom stereocenters. The number of pyridine rings is 1. The first-order chi connectivity index (χ1) is 9.54.